The van der Waals surface area contributed by atoms with Crippen molar-refractivity contribution in [1.29, 1.82) is 0 Å². The Morgan fingerprint density at radius 2 is 1.62 bits per heavy atom. The van der Waals surface area contributed by atoms with Gasteiger partial charge in [-0.05, 0) is 19.4 Å². The average Bonchev–Trinajstić information content (AvgIpc) is 2.43. The molecule has 1 aromatic carbocycles. The first-order valence-corrected chi connectivity index (χ1v) is 7.04. The van der Waals surface area contributed by atoms with Crippen molar-refractivity contribution in [3.05, 3.63) is 35.9 Å². The summed E-state index contributed by atoms with van der Waals surface area (Å²) in [5, 5.41) is 2.89. The van der Waals surface area contributed by atoms with Crippen LogP contribution in [0.5, 0.6) is 0 Å². The van der Waals surface area contributed by atoms with Crippen molar-refractivity contribution in [1.82, 2.24) is 5.32 Å². The van der Waals surface area contributed by atoms with Crippen molar-refractivity contribution in [2.24, 2.45) is 0 Å². The van der Waals surface area contributed by atoms with Gasteiger partial charge in [0.15, 0.2) is 6.29 Å². The molecule has 120 valence electrons. The smallest absolute Gasteiger partial charge is 0.352 e. The van der Waals surface area contributed by atoms with Gasteiger partial charge in [0, 0.05) is 25.8 Å². The van der Waals surface area contributed by atoms with E-state index in [0.29, 0.717) is 18.8 Å². The fraction of sp³-hybridized carbons (Fsp3) is 0.600. The highest BCUT2D eigenvalue weighted by molar-refractivity contribution is 5.19. The van der Waals surface area contributed by atoms with Gasteiger partial charge in [0.2, 0.25) is 0 Å². The lowest BCUT2D eigenvalue weighted by atomic mass is 10.0. The lowest BCUT2D eigenvalue weighted by Crippen LogP contribution is -2.35. The molecule has 1 atom stereocenters. The van der Waals surface area contributed by atoms with Gasteiger partial charge in [-0.15, -0.1) is 0 Å². The molecule has 0 heterocycles. The van der Waals surface area contributed by atoms with Crippen LogP contribution in [0, 0.1) is 0 Å². The molecule has 0 saturated carbocycles. The highest BCUT2D eigenvalue weighted by atomic mass is 19.4. The van der Waals surface area contributed by atoms with Gasteiger partial charge in [-0.2, -0.15) is 13.2 Å². The SMILES string of the molecule is CCOC(CNC(CC(F)(F)F)c1ccccc1)OCC. The first-order chi connectivity index (χ1) is 9.96. The highest BCUT2D eigenvalue weighted by Gasteiger charge is 2.32. The number of nitrogens with one attached hydrogen (secondary N) is 1. The van der Waals surface area contributed by atoms with Crippen LogP contribution < -0.4 is 5.32 Å². The molecule has 1 rings (SSSR count). The standard InChI is InChI=1S/C15H22F3NO2/c1-3-20-14(21-4-2)11-19-13(10-15(16,17)18)12-8-6-5-7-9-12/h5-9,13-14,19H,3-4,10-11H2,1-2H3. The zero-order valence-corrected chi connectivity index (χ0v) is 12.3. The normalized spacial score (nSPS) is 13.6. The number of halogens is 3. The summed E-state index contributed by atoms with van der Waals surface area (Å²) in [6.07, 6.45) is -5.71. The maximum Gasteiger partial charge on any atom is 0.390 e. The van der Waals surface area contributed by atoms with Gasteiger partial charge in [0.1, 0.15) is 0 Å². The van der Waals surface area contributed by atoms with Gasteiger partial charge in [0.05, 0.1) is 6.42 Å². The van der Waals surface area contributed by atoms with Crippen LogP contribution in [-0.2, 0) is 9.47 Å². The zero-order valence-electron chi connectivity index (χ0n) is 12.3. The van der Waals surface area contributed by atoms with E-state index in [-0.39, 0.29) is 6.54 Å². The van der Waals surface area contributed by atoms with E-state index in [1.54, 1.807) is 30.3 Å². The van der Waals surface area contributed by atoms with Crippen LogP contribution in [-0.4, -0.2) is 32.2 Å². The molecule has 1 N–H and O–H groups in total. The molecular formula is C15H22F3NO2. The Kier molecular flexibility index (Phi) is 7.71. The third kappa shape index (κ3) is 7.45. The maximum atomic E-state index is 12.7. The monoisotopic (exact) mass is 305 g/mol. The second-order valence-electron chi connectivity index (χ2n) is 4.53. The molecule has 0 aliphatic heterocycles. The highest BCUT2D eigenvalue weighted by Crippen LogP contribution is 2.29. The molecule has 3 nitrogen and oxygen atoms in total. The minimum atomic E-state index is -4.24. The second kappa shape index (κ2) is 9.02. The molecule has 0 aliphatic rings. The van der Waals surface area contributed by atoms with Crippen molar-refractivity contribution < 1.29 is 22.6 Å². The maximum absolute atomic E-state index is 12.7. The summed E-state index contributed by atoms with van der Waals surface area (Å²) in [5.74, 6) is 0. The van der Waals surface area contributed by atoms with Crippen molar-refractivity contribution in [3.8, 4) is 0 Å². The second-order valence-corrected chi connectivity index (χ2v) is 4.53. The van der Waals surface area contributed by atoms with Crippen LogP contribution in [0.3, 0.4) is 0 Å². The molecule has 1 aromatic rings. The van der Waals surface area contributed by atoms with E-state index in [1.807, 2.05) is 13.8 Å². The van der Waals surface area contributed by atoms with Gasteiger partial charge in [0.25, 0.3) is 0 Å². The van der Waals surface area contributed by atoms with E-state index in [4.69, 9.17) is 9.47 Å². The molecule has 1 unspecified atom stereocenters. The summed E-state index contributed by atoms with van der Waals surface area (Å²) >= 11 is 0. The van der Waals surface area contributed by atoms with Crippen molar-refractivity contribution in [2.75, 3.05) is 19.8 Å². The Hall–Kier alpha value is -1.11. The number of alkyl halides is 3. The van der Waals surface area contributed by atoms with Gasteiger partial charge < -0.3 is 14.8 Å². The fourth-order valence-corrected chi connectivity index (χ4v) is 2.00. The van der Waals surface area contributed by atoms with Gasteiger partial charge >= 0.3 is 6.18 Å². The molecule has 0 spiro atoms. The van der Waals surface area contributed by atoms with Crippen molar-refractivity contribution in [2.45, 2.75) is 38.8 Å². The number of benzene rings is 1. The topological polar surface area (TPSA) is 30.5 Å². The number of hydrogen-bond donors (Lipinski definition) is 1. The molecular weight excluding hydrogens is 283 g/mol. The lowest BCUT2D eigenvalue weighted by Gasteiger charge is -2.24. The Labute approximate surface area is 123 Å². The first kappa shape index (κ1) is 17.9. The summed E-state index contributed by atoms with van der Waals surface area (Å²) in [6.45, 7) is 4.73. The van der Waals surface area contributed by atoms with Crippen molar-refractivity contribution in [3.63, 3.8) is 0 Å². The predicted molar refractivity (Wildman–Crippen MR) is 74.9 cm³/mol. The van der Waals surface area contributed by atoms with E-state index in [0.717, 1.165) is 0 Å². The Morgan fingerprint density at radius 3 is 2.10 bits per heavy atom. The summed E-state index contributed by atoms with van der Waals surface area (Å²) in [4.78, 5) is 0. The molecule has 0 amide bonds. The van der Waals surface area contributed by atoms with Crippen LogP contribution in [0.4, 0.5) is 13.2 Å². The van der Waals surface area contributed by atoms with Crippen molar-refractivity contribution >= 4 is 0 Å². The van der Waals surface area contributed by atoms with E-state index in [9.17, 15) is 13.2 Å². The molecule has 21 heavy (non-hydrogen) atoms. The molecule has 0 aromatic heterocycles. The van der Waals surface area contributed by atoms with Crippen LogP contribution in [0.25, 0.3) is 0 Å². The molecule has 6 heteroatoms. The number of hydrogen-bond acceptors (Lipinski definition) is 3. The third-order valence-electron chi connectivity index (χ3n) is 2.87. The predicted octanol–water partition coefficient (Wildman–Crippen LogP) is 3.67. The van der Waals surface area contributed by atoms with E-state index in [1.165, 1.54) is 0 Å². The van der Waals surface area contributed by atoms with Crippen LogP contribution in [0.2, 0.25) is 0 Å². The minimum absolute atomic E-state index is 0.206. The zero-order chi connectivity index (χ0) is 15.7. The van der Waals surface area contributed by atoms with Crippen LogP contribution in [0.15, 0.2) is 30.3 Å². The average molecular weight is 305 g/mol. The Bertz CT molecular complexity index is 378. The van der Waals surface area contributed by atoms with Gasteiger partial charge in [-0.1, -0.05) is 30.3 Å². The summed E-state index contributed by atoms with van der Waals surface area (Å²) < 4.78 is 48.8. The van der Waals surface area contributed by atoms with Gasteiger partial charge in [-0.25, -0.2) is 0 Å². The summed E-state index contributed by atoms with van der Waals surface area (Å²) in [5.41, 5.74) is 0.599. The quantitative estimate of drug-likeness (QED) is 0.706. The molecule has 0 fully saturated rings. The Balaban J connectivity index is 2.69. The fourth-order valence-electron chi connectivity index (χ4n) is 2.00. The molecule has 0 aliphatic carbocycles. The largest absolute Gasteiger partial charge is 0.390 e. The molecule has 0 saturated heterocycles. The van der Waals surface area contributed by atoms with Gasteiger partial charge in [-0.3, -0.25) is 0 Å². The van der Waals surface area contributed by atoms with Crippen LogP contribution >= 0.6 is 0 Å². The summed E-state index contributed by atoms with van der Waals surface area (Å²) in [6, 6.07) is 7.78. The number of rotatable bonds is 9. The Morgan fingerprint density at radius 1 is 1.05 bits per heavy atom. The molecule has 0 bridgehead atoms. The first-order valence-electron chi connectivity index (χ1n) is 7.04. The van der Waals surface area contributed by atoms with Crippen LogP contribution in [0.1, 0.15) is 31.9 Å². The van der Waals surface area contributed by atoms with E-state index < -0.39 is 24.9 Å². The van der Waals surface area contributed by atoms with E-state index in [2.05, 4.69) is 5.32 Å². The third-order valence-corrected chi connectivity index (χ3v) is 2.87. The lowest BCUT2D eigenvalue weighted by molar-refractivity contribution is -0.148. The van der Waals surface area contributed by atoms with E-state index >= 15 is 0 Å². The summed E-state index contributed by atoms with van der Waals surface area (Å²) in [7, 11) is 0. The molecule has 0 radical (unpaired) electrons. The minimum Gasteiger partial charge on any atom is -0.352 e. The number of ether oxygens (including phenoxy) is 2.